The second kappa shape index (κ2) is 6.97. The molecule has 0 aliphatic heterocycles. The van der Waals surface area contributed by atoms with Gasteiger partial charge in [-0.15, -0.1) is 0 Å². The van der Waals surface area contributed by atoms with Crippen LogP contribution in [0, 0.1) is 0 Å². The summed E-state index contributed by atoms with van der Waals surface area (Å²) in [6.07, 6.45) is -4.49. The second-order valence-electron chi connectivity index (χ2n) is 4.00. The molecule has 2 nitrogen and oxygen atoms in total. The van der Waals surface area contributed by atoms with E-state index < -0.39 is 12.7 Å². The van der Waals surface area contributed by atoms with Gasteiger partial charge in [-0.25, -0.2) is 0 Å². The lowest BCUT2D eigenvalue weighted by Gasteiger charge is -2.15. The number of alkyl halides is 3. The molecule has 1 atom stereocenters. The molecule has 0 amide bonds. The van der Waals surface area contributed by atoms with Crippen LogP contribution in [0.15, 0.2) is 24.3 Å². The van der Waals surface area contributed by atoms with Crippen LogP contribution < -0.4 is 5.32 Å². The molecule has 1 aromatic carbocycles. The van der Waals surface area contributed by atoms with Crippen LogP contribution in [0.2, 0.25) is 5.02 Å². The van der Waals surface area contributed by atoms with Crippen LogP contribution in [-0.2, 0) is 11.3 Å². The number of benzene rings is 1. The van der Waals surface area contributed by atoms with E-state index in [4.69, 9.17) is 16.3 Å². The van der Waals surface area contributed by atoms with Crippen LogP contribution >= 0.6 is 11.6 Å². The minimum Gasteiger partial charge on any atom is -0.373 e. The zero-order valence-electron chi connectivity index (χ0n) is 9.93. The van der Waals surface area contributed by atoms with Crippen molar-refractivity contribution < 1.29 is 17.9 Å². The lowest BCUT2D eigenvalue weighted by Crippen LogP contribution is -2.34. The van der Waals surface area contributed by atoms with Gasteiger partial charge in [0.15, 0.2) is 0 Å². The summed E-state index contributed by atoms with van der Waals surface area (Å²) >= 11 is 5.80. The summed E-state index contributed by atoms with van der Waals surface area (Å²) in [7, 11) is 0. The number of halogens is 4. The average Bonchev–Trinajstić information content (AvgIpc) is 2.25. The van der Waals surface area contributed by atoms with E-state index in [0.29, 0.717) is 11.6 Å². The number of ether oxygens (including phenoxy) is 1. The summed E-state index contributed by atoms with van der Waals surface area (Å²) in [5, 5.41) is 2.91. The molecule has 1 rings (SSSR count). The molecule has 102 valence electrons. The van der Waals surface area contributed by atoms with E-state index in [2.05, 4.69) is 5.32 Å². The van der Waals surface area contributed by atoms with E-state index in [-0.39, 0.29) is 12.6 Å². The minimum absolute atomic E-state index is 0.153. The summed E-state index contributed by atoms with van der Waals surface area (Å²) in [6.45, 7) is 1.20. The second-order valence-corrected chi connectivity index (χ2v) is 4.43. The summed E-state index contributed by atoms with van der Waals surface area (Å²) in [6, 6.07) is 7.16. The molecule has 0 aliphatic carbocycles. The lowest BCUT2D eigenvalue weighted by molar-refractivity contribution is -0.125. The fraction of sp³-hybridized carbons (Fsp3) is 0.500. The maximum absolute atomic E-state index is 11.9. The third-order valence-electron chi connectivity index (χ3n) is 2.18. The predicted octanol–water partition coefficient (Wildman–Crippen LogP) is 3.40. The SMILES string of the molecule is CC(CNCC(F)(F)F)OCc1cccc(Cl)c1. The molecule has 0 saturated carbocycles. The lowest BCUT2D eigenvalue weighted by atomic mass is 10.2. The zero-order valence-corrected chi connectivity index (χ0v) is 10.7. The topological polar surface area (TPSA) is 21.3 Å². The zero-order chi connectivity index (χ0) is 13.6. The first-order valence-electron chi connectivity index (χ1n) is 5.50. The van der Waals surface area contributed by atoms with Crippen LogP contribution in [0.5, 0.6) is 0 Å². The normalized spacial score (nSPS) is 13.6. The minimum atomic E-state index is -4.19. The van der Waals surface area contributed by atoms with Gasteiger partial charge in [-0.05, 0) is 24.6 Å². The Morgan fingerprint density at radius 1 is 1.39 bits per heavy atom. The fourth-order valence-electron chi connectivity index (χ4n) is 1.34. The van der Waals surface area contributed by atoms with Gasteiger partial charge in [-0.3, -0.25) is 0 Å². The van der Waals surface area contributed by atoms with Gasteiger partial charge < -0.3 is 10.1 Å². The van der Waals surface area contributed by atoms with E-state index in [9.17, 15) is 13.2 Å². The molecule has 18 heavy (non-hydrogen) atoms. The molecule has 0 fully saturated rings. The van der Waals surface area contributed by atoms with Gasteiger partial charge in [0, 0.05) is 11.6 Å². The van der Waals surface area contributed by atoms with E-state index in [1.165, 1.54) is 0 Å². The van der Waals surface area contributed by atoms with Crippen molar-refractivity contribution in [3.05, 3.63) is 34.9 Å². The Hall–Kier alpha value is -0.780. The van der Waals surface area contributed by atoms with Crippen molar-refractivity contribution in [1.82, 2.24) is 5.32 Å². The number of hydrogen-bond acceptors (Lipinski definition) is 2. The monoisotopic (exact) mass is 281 g/mol. The molecule has 0 saturated heterocycles. The fourth-order valence-corrected chi connectivity index (χ4v) is 1.55. The molecule has 1 N–H and O–H groups in total. The van der Waals surface area contributed by atoms with Crippen LogP contribution in [0.25, 0.3) is 0 Å². The van der Waals surface area contributed by atoms with E-state index in [1.54, 1.807) is 25.1 Å². The van der Waals surface area contributed by atoms with Crippen LogP contribution in [-0.4, -0.2) is 25.4 Å². The summed E-state index contributed by atoms with van der Waals surface area (Å²) in [4.78, 5) is 0. The number of nitrogens with one attached hydrogen (secondary N) is 1. The van der Waals surface area contributed by atoms with Crippen molar-refractivity contribution in [3.8, 4) is 0 Å². The van der Waals surface area contributed by atoms with Crippen molar-refractivity contribution in [2.24, 2.45) is 0 Å². The molecule has 0 bridgehead atoms. The smallest absolute Gasteiger partial charge is 0.373 e. The van der Waals surface area contributed by atoms with Gasteiger partial charge in [-0.2, -0.15) is 13.2 Å². The van der Waals surface area contributed by atoms with Gasteiger partial charge in [-0.1, -0.05) is 23.7 Å². The predicted molar refractivity (Wildman–Crippen MR) is 64.6 cm³/mol. The van der Waals surface area contributed by atoms with Crippen LogP contribution in [0.3, 0.4) is 0 Å². The van der Waals surface area contributed by atoms with Crippen molar-refractivity contribution in [1.29, 1.82) is 0 Å². The molecule has 1 aromatic rings. The van der Waals surface area contributed by atoms with E-state index in [0.717, 1.165) is 5.56 Å². The Kier molecular flexibility index (Phi) is 5.91. The molecule has 1 unspecified atom stereocenters. The maximum atomic E-state index is 11.9. The molecule has 6 heteroatoms. The average molecular weight is 282 g/mol. The molecule has 0 aliphatic rings. The Balaban J connectivity index is 2.23. The largest absolute Gasteiger partial charge is 0.401 e. The number of rotatable bonds is 6. The van der Waals surface area contributed by atoms with Gasteiger partial charge in [0.05, 0.1) is 19.3 Å². The highest BCUT2D eigenvalue weighted by atomic mass is 35.5. The maximum Gasteiger partial charge on any atom is 0.401 e. The molecular formula is C12H15ClF3NO. The number of hydrogen-bond donors (Lipinski definition) is 1. The quantitative estimate of drug-likeness (QED) is 0.863. The highest BCUT2D eigenvalue weighted by Crippen LogP contribution is 2.13. The first kappa shape index (κ1) is 15.3. The summed E-state index contributed by atoms with van der Waals surface area (Å²) in [5.41, 5.74) is 0.894. The molecule has 0 spiro atoms. The molecular weight excluding hydrogens is 267 g/mol. The standard InChI is InChI=1S/C12H15ClF3NO/c1-9(6-17-8-12(14,15)16)18-7-10-3-2-4-11(13)5-10/h2-5,9,17H,6-8H2,1H3. The van der Waals surface area contributed by atoms with Crippen molar-refractivity contribution in [2.75, 3.05) is 13.1 Å². The molecule has 0 aromatic heterocycles. The Labute approximate surface area is 109 Å². The van der Waals surface area contributed by atoms with Crippen molar-refractivity contribution >= 4 is 11.6 Å². The molecule has 0 radical (unpaired) electrons. The highest BCUT2D eigenvalue weighted by molar-refractivity contribution is 6.30. The first-order valence-corrected chi connectivity index (χ1v) is 5.88. The van der Waals surface area contributed by atoms with Gasteiger partial charge in [0.1, 0.15) is 0 Å². The van der Waals surface area contributed by atoms with Gasteiger partial charge >= 0.3 is 6.18 Å². The Morgan fingerprint density at radius 3 is 2.72 bits per heavy atom. The highest BCUT2D eigenvalue weighted by Gasteiger charge is 2.26. The van der Waals surface area contributed by atoms with Crippen molar-refractivity contribution in [3.63, 3.8) is 0 Å². The summed E-state index contributed by atoms with van der Waals surface area (Å²) in [5.74, 6) is 0. The first-order chi connectivity index (χ1) is 8.37. The third-order valence-corrected chi connectivity index (χ3v) is 2.42. The van der Waals surface area contributed by atoms with Crippen molar-refractivity contribution in [2.45, 2.75) is 25.8 Å². The Morgan fingerprint density at radius 2 is 2.11 bits per heavy atom. The Bertz CT molecular complexity index is 371. The van der Waals surface area contributed by atoms with E-state index in [1.807, 2.05) is 6.07 Å². The van der Waals surface area contributed by atoms with Crippen LogP contribution in [0.1, 0.15) is 12.5 Å². The van der Waals surface area contributed by atoms with E-state index >= 15 is 0 Å². The third kappa shape index (κ3) is 6.83. The molecule has 0 heterocycles. The van der Waals surface area contributed by atoms with Crippen LogP contribution in [0.4, 0.5) is 13.2 Å². The van der Waals surface area contributed by atoms with Gasteiger partial charge in [0.25, 0.3) is 0 Å². The summed E-state index contributed by atoms with van der Waals surface area (Å²) < 4.78 is 41.1. The van der Waals surface area contributed by atoms with Gasteiger partial charge in [0.2, 0.25) is 0 Å².